The van der Waals surface area contributed by atoms with Crippen LogP contribution in [0.5, 0.6) is 0 Å². The second-order valence-corrected chi connectivity index (χ2v) is 7.06. The number of H-pyrrole nitrogens is 1. The lowest BCUT2D eigenvalue weighted by atomic mass is 9.92. The Labute approximate surface area is 160 Å². The molecule has 146 valence electrons. The van der Waals surface area contributed by atoms with Gasteiger partial charge in [-0.2, -0.15) is 0 Å². The molecule has 3 amide bonds. The number of urea groups is 1. The summed E-state index contributed by atoms with van der Waals surface area (Å²) < 4.78 is 13.2. The number of aromatic amines is 1. The molecule has 2 heterocycles. The number of hydrogen-bond donors (Lipinski definition) is 2. The van der Waals surface area contributed by atoms with Gasteiger partial charge in [0.05, 0.1) is 12.2 Å². The third-order valence-electron chi connectivity index (χ3n) is 5.07. The first-order valence-corrected chi connectivity index (χ1v) is 8.69. The van der Waals surface area contributed by atoms with Crippen LogP contribution in [0.2, 0.25) is 0 Å². The van der Waals surface area contributed by atoms with E-state index in [0.29, 0.717) is 22.4 Å². The molecule has 0 bridgehead atoms. The van der Waals surface area contributed by atoms with Gasteiger partial charge in [-0.25, -0.2) is 9.18 Å². The van der Waals surface area contributed by atoms with E-state index in [2.05, 4.69) is 10.3 Å². The Kier molecular flexibility index (Phi) is 4.66. The van der Waals surface area contributed by atoms with Crippen molar-refractivity contribution in [1.29, 1.82) is 0 Å². The number of hydrogen-bond acceptors (Lipinski definition) is 4. The van der Waals surface area contributed by atoms with E-state index in [0.717, 1.165) is 4.90 Å². The van der Waals surface area contributed by atoms with Crippen molar-refractivity contribution in [2.45, 2.75) is 33.2 Å². The van der Waals surface area contributed by atoms with Gasteiger partial charge in [0, 0.05) is 11.3 Å². The van der Waals surface area contributed by atoms with Crippen LogP contribution in [-0.2, 0) is 10.3 Å². The van der Waals surface area contributed by atoms with Crippen LogP contribution < -0.4 is 5.32 Å². The zero-order chi connectivity index (χ0) is 20.8. The Bertz CT molecular complexity index is 1010. The maximum atomic E-state index is 13.2. The van der Waals surface area contributed by atoms with E-state index >= 15 is 0 Å². The zero-order valence-corrected chi connectivity index (χ0v) is 16.0. The highest BCUT2D eigenvalue weighted by atomic mass is 19.1. The second-order valence-electron chi connectivity index (χ2n) is 7.06. The van der Waals surface area contributed by atoms with Crippen LogP contribution in [-0.4, -0.2) is 39.9 Å². The van der Waals surface area contributed by atoms with Crippen molar-refractivity contribution in [3.8, 4) is 0 Å². The number of carbonyl (C=O) groups is 4. The molecule has 0 aliphatic carbocycles. The average molecular weight is 385 g/mol. The molecule has 1 aliphatic rings. The van der Waals surface area contributed by atoms with Gasteiger partial charge < -0.3 is 10.3 Å². The summed E-state index contributed by atoms with van der Waals surface area (Å²) in [4.78, 5) is 53.4. The summed E-state index contributed by atoms with van der Waals surface area (Å²) in [6.45, 7) is 5.76. The average Bonchev–Trinajstić information content (AvgIpc) is 3.03. The molecule has 1 aromatic heterocycles. The Morgan fingerprint density at radius 3 is 2.29 bits per heavy atom. The maximum absolute atomic E-state index is 13.2. The van der Waals surface area contributed by atoms with Crippen molar-refractivity contribution in [3.05, 3.63) is 58.2 Å². The first-order chi connectivity index (χ1) is 13.1. The van der Waals surface area contributed by atoms with E-state index in [4.69, 9.17) is 0 Å². The number of ketones is 2. The maximum Gasteiger partial charge on any atom is 0.325 e. The molecule has 0 unspecified atom stereocenters. The molecule has 0 saturated carbocycles. The van der Waals surface area contributed by atoms with Crippen LogP contribution in [0.4, 0.5) is 9.18 Å². The third-order valence-corrected chi connectivity index (χ3v) is 5.07. The highest BCUT2D eigenvalue weighted by Crippen LogP contribution is 2.29. The number of aromatic nitrogens is 1. The number of imide groups is 1. The van der Waals surface area contributed by atoms with Crippen LogP contribution in [0.15, 0.2) is 24.3 Å². The van der Waals surface area contributed by atoms with Crippen molar-refractivity contribution in [2.75, 3.05) is 6.54 Å². The van der Waals surface area contributed by atoms with Gasteiger partial charge in [-0.3, -0.25) is 19.3 Å². The molecule has 7 nitrogen and oxygen atoms in total. The third kappa shape index (κ3) is 3.00. The van der Waals surface area contributed by atoms with E-state index in [1.807, 2.05) is 0 Å². The summed E-state index contributed by atoms with van der Waals surface area (Å²) in [5.74, 6) is -1.73. The van der Waals surface area contributed by atoms with E-state index < -0.39 is 35.6 Å². The highest BCUT2D eigenvalue weighted by molar-refractivity contribution is 6.12. The molecule has 1 aromatic carbocycles. The van der Waals surface area contributed by atoms with E-state index in [9.17, 15) is 23.6 Å². The summed E-state index contributed by atoms with van der Waals surface area (Å²) in [6, 6.07) is 4.51. The minimum atomic E-state index is -1.39. The summed E-state index contributed by atoms with van der Waals surface area (Å²) >= 11 is 0. The van der Waals surface area contributed by atoms with Crippen molar-refractivity contribution >= 4 is 23.5 Å². The predicted molar refractivity (Wildman–Crippen MR) is 98.6 cm³/mol. The summed E-state index contributed by atoms with van der Waals surface area (Å²) in [5, 5.41) is 2.57. The summed E-state index contributed by atoms with van der Waals surface area (Å²) in [5.41, 5.74) is 0.685. The first-order valence-electron chi connectivity index (χ1n) is 8.69. The van der Waals surface area contributed by atoms with Crippen molar-refractivity contribution in [2.24, 2.45) is 0 Å². The number of rotatable bonds is 5. The number of aryl methyl sites for hydroxylation is 1. The van der Waals surface area contributed by atoms with Crippen LogP contribution in [0.25, 0.3) is 0 Å². The number of halogens is 1. The van der Waals surface area contributed by atoms with Gasteiger partial charge in [0.2, 0.25) is 0 Å². The van der Waals surface area contributed by atoms with Gasteiger partial charge in [-0.1, -0.05) is 12.1 Å². The van der Waals surface area contributed by atoms with E-state index in [-0.39, 0.29) is 11.5 Å². The van der Waals surface area contributed by atoms with Gasteiger partial charge in [-0.05, 0) is 51.0 Å². The largest absolute Gasteiger partial charge is 0.355 e. The Morgan fingerprint density at radius 2 is 1.75 bits per heavy atom. The number of benzene rings is 1. The van der Waals surface area contributed by atoms with Crippen LogP contribution in [0.1, 0.15) is 51.5 Å². The van der Waals surface area contributed by atoms with E-state index in [1.54, 1.807) is 13.8 Å². The van der Waals surface area contributed by atoms with Crippen LogP contribution in [0.3, 0.4) is 0 Å². The monoisotopic (exact) mass is 385 g/mol. The molecule has 3 rings (SSSR count). The number of Topliss-reactive ketones (excluding diaryl/α,β-unsaturated/α-hetero) is 2. The minimum absolute atomic E-state index is 0.177. The molecular formula is C20H20FN3O4. The predicted octanol–water partition coefficient (Wildman–Crippen LogP) is 2.62. The fourth-order valence-corrected chi connectivity index (χ4v) is 3.60. The topological polar surface area (TPSA) is 99.3 Å². The molecule has 1 fully saturated rings. The molecule has 28 heavy (non-hydrogen) atoms. The number of amides is 3. The van der Waals surface area contributed by atoms with Gasteiger partial charge in [-0.15, -0.1) is 0 Å². The Hall–Kier alpha value is -3.29. The Morgan fingerprint density at radius 1 is 1.14 bits per heavy atom. The highest BCUT2D eigenvalue weighted by Gasteiger charge is 2.49. The quantitative estimate of drug-likeness (QED) is 0.610. The molecule has 8 heteroatoms. The van der Waals surface area contributed by atoms with Gasteiger partial charge in [0.15, 0.2) is 11.6 Å². The summed E-state index contributed by atoms with van der Waals surface area (Å²) in [7, 11) is 0. The lowest BCUT2D eigenvalue weighted by Gasteiger charge is -2.22. The second kappa shape index (κ2) is 6.70. The first kappa shape index (κ1) is 19.5. The van der Waals surface area contributed by atoms with E-state index in [1.165, 1.54) is 38.1 Å². The molecule has 0 spiro atoms. The van der Waals surface area contributed by atoms with Crippen molar-refractivity contribution in [1.82, 2.24) is 15.2 Å². The van der Waals surface area contributed by atoms with Gasteiger partial charge in [0.25, 0.3) is 5.91 Å². The fourth-order valence-electron chi connectivity index (χ4n) is 3.60. The number of nitrogens with one attached hydrogen (secondary N) is 2. The minimum Gasteiger partial charge on any atom is -0.355 e. The molecular weight excluding hydrogens is 365 g/mol. The van der Waals surface area contributed by atoms with Gasteiger partial charge in [0.1, 0.15) is 11.4 Å². The lowest BCUT2D eigenvalue weighted by Crippen LogP contribution is -2.41. The molecule has 2 aromatic rings. The molecule has 0 radical (unpaired) electrons. The summed E-state index contributed by atoms with van der Waals surface area (Å²) in [6.07, 6.45) is 0. The molecule has 1 atom stereocenters. The number of carbonyl (C=O) groups excluding carboxylic acids is 4. The standard InChI is InChI=1S/C20H20FN3O4/c1-10-16(12(3)25)11(2)22-17(10)15(26)9-24-18(27)20(4,23-19(24)28)13-5-7-14(21)8-6-13/h5-8,22H,9H2,1-4H3,(H,23,28)/t20-/m1/s1. The molecule has 1 saturated heterocycles. The van der Waals surface area contributed by atoms with Crippen molar-refractivity contribution < 1.29 is 23.6 Å². The number of nitrogens with zero attached hydrogens (tertiary/aromatic N) is 1. The Balaban J connectivity index is 1.87. The van der Waals surface area contributed by atoms with Crippen LogP contribution >= 0.6 is 0 Å². The van der Waals surface area contributed by atoms with Crippen molar-refractivity contribution in [3.63, 3.8) is 0 Å². The van der Waals surface area contributed by atoms with Crippen LogP contribution in [0, 0.1) is 19.7 Å². The normalized spacial score (nSPS) is 19.1. The molecule has 1 aliphatic heterocycles. The lowest BCUT2D eigenvalue weighted by molar-refractivity contribution is -0.130. The molecule has 2 N–H and O–H groups in total. The SMILES string of the molecule is CC(=O)c1c(C)[nH]c(C(=O)CN2C(=O)N[C@](C)(c3ccc(F)cc3)C2=O)c1C. The zero-order valence-electron chi connectivity index (χ0n) is 16.0. The fraction of sp³-hybridized carbons (Fsp3) is 0.300. The van der Waals surface area contributed by atoms with Gasteiger partial charge >= 0.3 is 6.03 Å². The smallest absolute Gasteiger partial charge is 0.325 e.